The molecule has 120 valence electrons. The quantitative estimate of drug-likeness (QED) is 0.629. The van der Waals surface area contributed by atoms with Crippen molar-refractivity contribution in [2.75, 3.05) is 5.32 Å². The van der Waals surface area contributed by atoms with Crippen LogP contribution in [0.2, 0.25) is 0 Å². The van der Waals surface area contributed by atoms with E-state index in [-0.39, 0.29) is 0 Å². The number of hydrogen-bond acceptors (Lipinski definition) is 2. The minimum absolute atomic E-state index is 0.703. The van der Waals surface area contributed by atoms with Crippen molar-refractivity contribution in [2.24, 2.45) is 0 Å². The third-order valence-corrected chi connectivity index (χ3v) is 4.12. The van der Waals surface area contributed by atoms with E-state index < -0.39 is 0 Å². The second kappa shape index (κ2) is 8.11. The second-order valence-electron chi connectivity index (χ2n) is 5.86. The SMILES string of the molecule is O=Cc1ccc(CCc2ccccc2)cc1NCc1ccccc1. The summed E-state index contributed by atoms with van der Waals surface area (Å²) in [6, 6.07) is 26.7. The zero-order chi connectivity index (χ0) is 16.6. The molecule has 0 unspecified atom stereocenters. The molecule has 2 nitrogen and oxygen atoms in total. The Morgan fingerprint density at radius 3 is 2.00 bits per heavy atom. The summed E-state index contributed by atoms with van der Waals surface area (Å²) in [5.41, 5.74) is 5.37. The van der Waals surface area contributed by atoms with Crippen molar-refractivity contribution in [1.82, 2.24) is 0 Å². The summed E-state index contributed by atoms with van der Waals surface area (Å²) in [4.78, 5) is 11.3. The van der Waals surface area contributed by atoms with Crippen molar-refractivity contribution in [3.05, 3.63) is 101 Å². The van der Waals surface area contributed by atoms with Crippen LogP contribution in [0.25, 0.3) is 0 Å². The summed E-state index contributed by atoms with van der Waals surface area (Å²) in [6.45, 7) is 0.712. The molecule has 0 bridgehead atoms. The Balaban J connectivity index is 1.69. The van der Waals surface area contributed by atoms with E-state index >= 15 is 0 Å². The number of carbonyl (C=O) groups excluding carboxylic acids is 1. The van der Waals surface area contributed by atoms with Gasteiger partial charge in [0, 0.05) is 17.8 Å². The molecule has 0 saturated carbocycles. The summed E-state index contributed by atoms with van der Waals surface area (Å²) in [5.74, 6) is 0. The maximum Gasteiger partial charge on any atom is 0.152 e. The highest BCUT2D eigenvalue weighted by Gasteiger charge is 2.04. The van der Waals surface area contributed by atoms with Gasteiger partial charge in [-0.3, -0.25) is 4.79 Å². The molecule has 3 aromatic carbocycles. The third kappa shape index (κ3) is 4.32. The highest BCUT2D eigenvalue weighted by atomic mass is 16.1. The molecule has 0 saturated heterocycles. The maximum atomic E-state index is 11.3. The largest absolute Gasteiger partial charge is 0.380 e. The summed E-state index contributed by atoms with van der Waals surface area (Å²) in [6.07, 6.45) is 2.87. The Labute approximate surface area is 143 Å². The molecule has 0 aromatic heterocycles. The molecule has 0 aliphatic rings. The van der Waals surface area contributed by atoms with Crippen LogP contribution in [-0.2, 0) is 19.4 Å². The van der Waals surface area contributed by atoms with E-state index in [0.29, 0.717) is 12.1 Å². The Morgan fingerprint density at radius 1 is 0.708 bits per heavy atom. The molecule has 0 spiro atoms. The molecule has 24 heavy (non-hydrogen) atoms. The monoisotopic (exact) mass is 315 g/mol. The predicted octanol–water partition coefficient (Wildman–Crippen LogP) is 4.90. The highest BCUT2D eigenvalue weighted by molar-refractivity contribution is 5.84. The Morgan fingerprint density at radius 2 is 1.33 bits per heavy atom. The van der Waals surface area contributed by atoms with Gasteiger partial charge in [-0.15, -0.1) is 0 Å². The maximum absolute atomic E-state index is 11.3. The van der Waals surface area contributed by atoms with Gasteiger partial charge < -0.3 is 5.32 Å². The first-order valence-electron chi connectivity index (χ1n) is 8.25. The van der Waals surface area contributed by atoms with Crippen molar-refractivity contribution < 1.29 is 4.79 Å². The first-order chi connectivity index (χ1) is 11.8. The number of hydrogen-bond donors (Lipinski definition) is 1. The number of nitrogens with one attached hydrogen (secondary N) is 1. The number of rotatable bonds is 7. The lowest BCUT2D eigenvalue weighted by molar-refractivity contribution is 0.112. The molecular formula is C22H21NO. The van der Waals surface area contributed by atoms with Crippen LogP contribution in [0.4, 0.5) is 5.69 Å². The minimum atomic E-state index is 0.703. The lowest BCUT2D eigenvalue weighted by atomic mass is 10.0. The van der Waals surface area contributed by atoms with E-state index in [4.69, 9.17) is 0 Å². The molecule has 0 fully saturated rings. The molecule has 3 rings (SSSR count). The van der Waals surface area contributed by atoms with Gasteiger partial charge in [0.05, 0.1) is 0 Å². The molecule has 0 heterocycles. The average Bonchev–Trinajstić information content (AvgIpc) is 2.66. The van der Waals surface area contributed by atoms with Gasteiger partial charge in [0.2, 0.25) is 0 Å². The summed E-state index contributed by atoms with van der Waals surface area (Å²) in [7, 11) is 0. The zero-order valence-corrected chi connectivity index (χ0v) is 13.6. The van der Waals surface area contributed by atoms with Crippen LogP contribution in [0.5, 0.6) is 0 Å². The van der Waals surface area contributed by atoms with E-state index in [1.54, 1.807) is 0 Å². The molecular weight excluding hydrogens is 294 g/mol. The number of aryl methyl sites for hydroxylation is 2. The fourth-order valence-electron chi connectivity index (χ4n) is 2.74. The molecule has 1 N–H and O–H groups in total. The molecule has 3 aromatic rings. The molecule has 0 atom stereocenters. The molecule has 0 aliphatic carbocycles. The topological polar surface area (TPSA) is 29.1 Å². The number of carbonyl (C=O) groups is 1. The van der Waals surface area contributed by atoms with Gasteiger partial charge in [-0.2, -0.15) is 0 Å². The highest BCUT2D eigenvalue weighted by Crippen LogP contribution is 2.19. The van der Waals surface area contributed by atoms with Crippen LogP contribution in [-0.4, -0.2) is 6.29 Å². The van der Waals surface area contributed by atoms with E-state index in [9.17, 15) is 4.79 Å². The van der Waals surface area contributed by atoms with Crippen LogP contribution < -0.4 is 5.32 Å². The van der Waals surface area contributed by atoms with E-state index in [0.717, 1.165) is 24.8 Å². The number of aldehydes is 1. The van der Waals surface area contributed by atoms with E-state index in [1.165, 1.54) is 16.7 Å². The lowest BCUT2D eigenvalue weighted by Crippen LogP contribution is -2.03. The van der Waals surface area contributed by atoms with Gasteiger partial charge in [0.25, 0.3) is 0 Å². The van der Waals surface area contributed by atoms with Crippen LogP contribution in [0.1, 0.15) is 27.0 Å². The third-order valence-electron chi connectivity index (χ3n) is 4.12. The summed E-state index contributed by atoms with van der Waals surface area (Å²) < 4.78 is 0. The second-order valence-corrected chi connectivity index (χ2v) is 5.86. The van der Waals surface area contributed by atoms with Gasteiger partial charge in [-0.1, -0.05) is 66.7 Å². The smallest absolute Gasteiger partial charge is 0.152 e. The first kappa shape index (κ1) is 16.0. The van der Waals surface area contributed by atoms with Gasteiger partial charge in [-0.05, 0) is 41.7 Å². The van der Waals surface area contributed by atoms with Crippen molar-refractivity contribution in [3.63, 3.8) is 0 Å². The fraction of sp³-hybridized carbons (Fsp3) is 0.136. The van der Waals surface area contributed by atoms with E-state index in [1.807, 2.05) is 36.4 Å². The van der Waals surface area contributed by atoms with Crippen molar-refractivity contribution in [1.29, 1.82) is 0 Å². The molecule has 0 radical (unpaired) electrons. The summed E-state index contributed by atoms with van der Waals surface area (Å²) >= 11 is 0. The minimum Gasteiger partial charge on any atom is -0.380 e. The lowest BCUT2D eigenvalue weighted by Gasteiger charge is -2.11. The molecule has 2 heteroatoms. The van der Waals surface area contributed by atoms with Crippen LogP contribution >= 0.6 is 0 Å². The van der Waals surface area contributed by atoms with Crippen LogP contribution in [0, 0.1) is 0 Å². The molecule has 0 amide bonds. The van der Waals surface area contributed by atoms with Gasteiger partial charge in [-0.25, -0.2) is 0 Å². The van der Waals surface area contributed by atoms with Crippen molar-refractivity contribution in [2.45, 2.75) is 19.4 Å². The number of benzene rings is 3. The summed E-state index contributed by atoms with van der Waals surface area (Å²) in [5, 5.41) is 3.39. The Kier molecular flexibility index (Phi) is 5.41. The zero-order valence-electron chi connectivity index (χ0n) is 13.6. The van der Waals surface area contributed by atoms with Crippen molar-refractivity contribution >= 4 is 12.0 Å². The van der Waals surface area contributed by atoms with Gasteiger partial charge >= 0.3 is 0 Å². The first-order valence-corrected chi connectivity index (χ1v) is 8.25. The normalized spacial score (nSPS) is 10.3. The average molecular weight is 315 g/mol. The fourth-order valence-corrected chi connectivity index (χ4v) is 2.74. The number of anilines is 1. The molecule has 0 aliphatic heterocycles. The van der Waals surface area contributed by atoms with Gasteiger partial charge in [0.1, 0.15) is 0 Å². The van der Waals surface area contributed by atoms with Crippen LogP contribution in [0.15, 0.2) is 78.9 Å². The predicted molar refractivity (Wildman–Crippen MR) is 99.4 cm³/mol. The van der Waals surface area contributed by atoms with Crippen LogP contribution in [0.3, 0.4) is 0 Å². The van der Waals surface area contributed by atoms with Crippen molar-refractivity contribution in [3.8, 4) is 0 Å². The van der Waals surface area contributed by atoms with E-state index in [2.05, 4.69) is 47.8 Å². The Bertz CT molecular complexity index is 782. The Hall–Kier alpha value is -2.87. The van der Waals surface area contributed by atoms with Gasteiger partial charge in [0.15, 0.2) is 6.29 Å². The standard InChI is InChI=1S/C22H21NO/c24-17-21-14-13-19(12-11-18-7-3-1-4-8-18)15-22(21)23-16-20-9-5-2-6-10-20/h1-10,13-15,17,23H,11-12,16H2.